The predicted octanol–water partition coefficient (Wildman–Crippen LogP) is 2.72. The van der Waals surface area contributed by atoms with Crippen LogP contribution >= 0.6 is 27.7 Å². The molecular weight excluding hydrogens is 482 g/mol. The van der Waals surface area contributed by atoms with Crippen LogP contribution in [0.1, 0.15) is 19.5 Å². The Morgan fingerprint density at radius 2 is 2.17 bits per heavy atom. The molecule has 1 aliphatic heterocycles. The highest BCUT2D eigenvalue weighted by Gasteiger charge is 2.48. The van der Waals surface area contributed by atoms with E-state index in [4.69, 9.17) is 24.5 Å². The van der Waals surface area contributed by atoms with Gasteiger partial charge in [0.25, 0.3) is 0 Å². The number of hydrogen-bond donors (Lipinski definition) is 0. The highest BCUT2D eigenvalue weighted by Crippen LogP contribution is 2.38. The van der Waals surface area contributed by atoms with Crippen molar-refractivity contribution < 1.29 is 28.5 Å². The van der Waals surface area contributed by atoms with E-state index >= 15 is 0 Å². The van der Waals surface area contributed by atoms with Crippen LogP contribution in [0.5, 0.6) is 0 Å². The molecule has 0 bridgehead atoms. The van der Waals surface area contributed by atoms with Gasteiger partial charge >= 0.3 is 11.9 Å². The van der Waals surface area contributed by atoms with E-state index in [1.165, 1.54) is 27.2 Å². The van der Waals surface area contributed by atoms with Crippen LogP contribution in [0.25, 0.3) is 10.4 Å². The molecule has 13 heteroatoms. The molecule has 1 aromatic heterocycles. The van der Waals surface area contributed by atoms with Crippen LogP contribution in [0, 0.1) is 11.3 Å². The van der Waals surface area contributed by atoms with Crippen molar-refractivity contribution in [3.8, 4) is 6.07 Å². The quantitative estimate of drug-likeness (QED) is 0.238. The fourth-order valence-electron chi connectivity index (χ4n) is 2.82. The summed E-state index contributed by atoms with van der Waals surface area (Å²) in [5.41, 5.74) is 8.43. The van der Waals surface area contributed by atoms with Crippen LogP contribution in [-0.2, 0) is 28.5 Å². The number of rotatable bonds is 7. The van der Waals surface area contributed by atoms with E-state index in [9.17, 15) is 14.9 Å². The molecule has 0 radical (unpaired) electrons. The first-order valence-electron chi connectivity index (χ1n) is 8.56. The highest BCUT2D eigenvalue weighted by atomic mass is 79.9. The van der Waals surface area contributed by atoms with Crippen molar-refractivity contribution >= 4 is 39.6 Å². The van der Waals surface area contributed by atoms with Gasteiger partial charge in [0, 0.05) is 41.4 Å². The number of nitriles is 1. The second kappa shape index (κ2) is 11.1. The van der Waals surface area contributed by atoms with Crippen LogP contribution < -0.4 is 0 Å². The Morgan fingerprint density at radius 1 is 1.43 bits per heavy atom. The Morgan fingerprint density at radius 3 is 2.73 bits per heavy atom. The van der Waals surface area contributed by atoms with Gasteiger partial charge in [0.05, 0.1) is 0 Å². The fraction of sp³-hybridized carbons (Fsp3) is 0.529. The normalized spacial score (nSPS) is 25.5. The van der Waals surface area contributed by atoms with Gasteiger partial charge in [-0.3, -0.25) is 9.59 Å². The Bertz CT molecular complexity index is 890. The summed E-state index contributed by atoms with van der Waals surface area (Å²) in [7, 11) is 1.39. The molecule has 0 spiro atoms. The largest absolute Gasteiger partial charge is 0.463 e. The van der Waals surface area contributed by atoms with E-state index in [0.29, 0.717) is 9.37 Å². The number of hydrogen-bond acceptors (Lipinski definition) is 10. The Kier molecular flexibility index (Phi) is 8.88. The number of aromatic nitrogens is 1. The molecule has 0 aromatic carbocycles. The zero-order valence-electron chi connectivity index (χ0n) is 16.2. The third-order valence-corrected chi connectivity index (χ3v) is 5.61. The molecule has 1 saturated heterocycles. The van der Waals surface area contributed by atoms with Gasteiger partial charge in [-0.05, 0) is 27.5 Å². The lowest BCUT2D eigenvalue weighted by molar-refractivity contribution is -0.196. The molecule has 2 heterocycles. The molecule has 160 valence electrons. The number of nitrogens with zero attached hydrogens (tertiary/aromatic N) is 5. The lowest BCUT2D eigenvalue weighted by Gasteiger charge is -2.43. The molecule has 0 unspecified atom stereocenters. The molecule has 5 atom stereocenters. The van der Waals surface area contributed by atoms with Gasteiger partial charge in [-0.25, -0.2) is 4.98 Å². The first-order valence-corrected chi connectivity index (χ1v) is 10.2. The summed E-state index contributed by atoms with van der Waals surface area (Å²) in [6, 6.07) is 2.72. The Labute approximate surface area is 184 Å². The molecule has 30 heavy (non-hydrogen) atoms. The molecule has 1 aliphatic rings. The minimum absolute atomic E-state index is 0.167. The first kappa shape index (κ1) is 23.9. The van der Waals surface area contributed by atoms with Gasteiger partial charge in [0.1, 0.15) is 42.5 Å². The van der Waals surface area contributed by atoms with Gasteiger partial charge < -0.3 is 18.9 Å². The van der Waals surface area contributed by atoms with Crippen LogP contribution in [0.2, 0.25) is 0 Å². The molecule has 2 rings (SSSR count). The predicted molar refractivity (Wildman–Crippen MR) is 107 cm³/mol. The van der Waals surface area contributed by atoms with E-state index in [2.05, 4.69) is 30.9 Å². The molecular formula is C17H18BrN5O6S. The lowest BCUT2D eigenvalue weighted by Crippen LogP contribution is -2.59. The van der Waals surface area contributed by atoms with Crippen molar-refractivity contribution in [3.05, 3.63) is 32.9 Å². The molecule has 1 fully saturated rings. The number of methoxy groups -OCH3 is 1. The maximum absolute atomic E-state index is 11.6. The molecule has 0 aliphatic carbocycles. The average molecular weight is 500 g/mol. The fourth-order valence-corrected chi connectivity index (χ4v) is 4.56. The van der Waals surface area contributed by atoms with Crippen molar-refractivity contribution in [1.82, 2.24) is 4.98 Å². The summed E-state index contributed by atoms with van der Waals surface area (Å²) in [6.07, 6.45) is -1.32. The number of halogens is 1. The highest BCUT2D eigenvalue weighted by molar-refractivity contribution is 9.10. The maximum atomic E-state index is 11.6. The molecule has 0 amide bonds. The summed E-state index contributed by atoms with van der Waals surface area (Å²) in [6.45, 7) is 2.19. The smallest absolute Gasteiger partial charge is 0.303 e. The number of ether oxygens (including phenoxy) is 4. The van der Waals surface area contributed by atoms with Crippen molar-refractivity contribution in [2.75, 3.05) is 13.7 Å². The third-order valence-electron chi connectivity index (χ3n) is 4.00. The second-order valence-electron chi connectivity index (χ2n) is 6.05. The van der Waals surface area contributed by atoms with Crippen LogP contribution in [0.3, 0.4) is 0 Å². The van der Waals surface area contributed by atoms with Gasteiger partial charge in [0.15, 0.2) is 5.69 Å². The zero-order chi connectivity index (χ0) is 22.3. The van der Waals surface area contributed by atoms with Crippen molar-refractivity contribution in [2.24, 2.45) is 5.11 Å². The topological polar surface area (TPSA) is 156 Å². The number of carbonyl (C=O) groups is 2. The molecule has 11 nitrogen and oxygen atoms in total. The van der Waals surface area contributed by atoms with Crippen molar-refractivity contribution in [2.45, 2.75) is 48.5 Å². The monoisotopic (exact) mass is 499 g/mol. The molecule has 1 aromatic rings. The van der Waals surface area contributed by atoms with E-state index in [1.807, 2.05) is 6.07 Å². The van der Waals surface area contributed by atoms with Crippen molar-refractivity contribution in [1.29, 1.82) is 5.26 Å². The minimum atomic E-state index is -1.05. The second-order valence-corrected chi connectivity index (χ2v) is 8.10. The Hall–Kier alpha value is -2.36. The van der Waals surface area contributed by atoms with Gasteiger partial charge in [-0.1, -0.05) is 16.9 Å². The van der Waals surface area contributed by atoms with E-state index in [-0.39, 0.29) is 12.3 Å². The summed E-state index contributed by atoms with van der Waals surface area (Å²) >= 11 is 4.43. The summed E-state index contributed by atoms with van der Waals surface area (Å²) in [4.78, 5) is 30.3. The third kappa shape index (κ3) is 6.07. The van der Waals surface area contributed by atoms with E-state index in [0.717, 1.165) is 11.8 Å². The minimum Gasteiger partial charge on any atom is -0.463 e. The molecule has 0 N–H and O–H groups in total. The average Bonchev–Trinajstić information content (AvgIpc) is 2.68. The summed E-state index contributed by atoms with van der Waals surface area (Å²) < 4.78 is 22.5. The van der Waals surface area contributed by atoms with Crippen LogP contribution in [-0.4, -0.2) is 60.4 Å². The summed E-state index contributed by atoms with van der Waals surface area (Å²) in [5.74, 6) is -1.18. The van der Waals surface area contributed by atoms with Crippen molar-refractivity contribution in [3.63, 3.8) is 0 Å². The number of carbonyl (C=O) groups excluding carboxylic acids is 2. The van der Waals surface area contributed by atoms with Gasteiger partial charge in [-0.15, -0.1) is 0 Å². The van der Waals surface area contributed by atoms with E-state index in [1.54, 1.807) is 6.07 Å². The number of azide groups is 1. The Balaban J connectivity index is 2.43. The first-order chi connectivity index (χ1) is 14.3. The van der Waals surface area contributed by atoms with Gasteiger partial charge in [-0.2, -0.15) is 5.26 Å². The standard InChI is InChI=1S/C17H18BrN5O6S/c1-8(24)27-7-12-15(28-9(2)25)14(22-23-20)16(26-3)17(29-12)30-13-4-10(18)6-21-11(13)5-19/h4,6,12,14-17H,7H2,1-3H3/t12-,14+,15+,16-,17+/m1/s1. The van der Waals surface area contributed by atoms with Gasteiger partial charge in [0.2, 0.25) is 0 Å². The zero-order valence-corrected chi connectivity index (χ0v) is 18.6. The number of thioether (sulfide) groups is 1. The van der Waals surface area contributed by atoms with Crippen LogP contribution in [0.15, 0.2) is 26.7 Å². The maximum Gasteiger partial charge on any atom is 0.303 e. The lowest BCUT2D eigenvalue weighted by atomic mass is 9.97. The van der Waals surface area contributed by atoms with Crippen LogP contribution in [0.4, 0.5) is 0 Å². The van der Waals surface area contributed by atoms with E-state index < -0.39 is 41.7 Å². The summed E-state index contributed by atoms with van der Waals surface area (Å²) in [5, 5.41) is 13.1. The SMILES string of the molecule is CO[C@@H]1[C@@H](N=[N+]=[N-])[C@@H](OC(C)=O)[C@@H](COC(C)=O)O[C@H]1Sc1cc(Br)cnc1C#N. The number of pyridine rings is 1. The number of esters is 2. The molecule has 0 saturated carbocycles.